The molecule has 0 amide bonds. The van der Waals surface area contributed by atoms with Gasteiger partial charge in [0.25, 0.3) is 0 Å². The molecule has 0 aliphatic rings. The Hall–Kier alpha value is -3.31. The molecule has 0 fully saturated rings. The first-order valence-electron chi connectivity index (χ1n) is 17.9. The number of carbonyl (C=O) groups excluding carboxylic acids is 1. The van der Waals surface area contributed by atoms with Gasteiger partial charge in [0.1, 0.15) is 5.69 Å². The molecule has 3 aromatic heterocycles. The summed E-state index contributed by atoms with van der Waals surface area (Å²) in [5.41, 5.74) is 6.90. The van der Waals surface area contributed by atoms with E-state index in [0.29, 0.717) is 5.92 Å². The summed E-state index contributed by atoms with van der Waals surface area (Å²) in [5.74, 6) is 1.15. The number of aliphatic hydroxyl groups excluding tert-OH is 1. The maximum absolute atomic E-state index is 11.7. The molecule has 1 N–H and O–H groups in total. The van der Waals surface area contributed by atoms with Crippen LogP contribution < -0.4 is 4.57 Å². The number of hydrogen-bond donors (Lipinski definition) is 1. The van der Waals surface area contributed by atoms with E-state index in [-0.39, 0.29) is 48.9 Å². The standard InChI is InChI=1S/C31H31N2S.C13H24O2.Ir/c1-20(2)15-24-19-32-29(26-12-14-34-30(24)26)22-11-13-33(6)28(18-22)23-16-21-9-7-8-10-25(21)27(17-23)31(3,4)5;1-5-10(6-2)12(14)9-13(15)11(7-3)8-4;/h7-14,17-20H,6,15H2,1-5H3;9-11,14H,5-8H2,1-4H3;/q-1;;/b;12-9-;. The minimum Gasteiger partial charge on any atom is -0.512 e. The summed E-state index contributed by atoms with van der Waals surface area (Å²) in [6.07, 6.45) is 10.1. The van der Waals surface area contributed by atoms with Crippen molar-refractivity contribution < 1.29 is 34.6 Å². The van der Waals surface area contributed by atoms with E-state index in [1.54, 1.807) is 0 Å². The summed E-state index contributed by atoms with van der Waals surface area (Å²) in [6, 6.07) is 21.0. The number of aromatic nitrogens is 2. The molecule has 0 bridgehead atoms. The molecule has 6 heteroatoms. The fourth-order valence-corrected chi connectivity index (χ4v) is 7.43. The Morgan fingerprint density at radius 3 is 2.26 bits per heavy atom. The van der Waals surface area contributed by atoms with Crippen molar-refractivity contribution in [2.75, 3.05) is 0 Å². The average Bonchev–Trinajstić information content (AvgIpc) is 3.56. The summed E-state index contributed by atoms with van der Waals surface area (Å²) >= 11 is 1.81. The molecule has 0 aliphatic heterocycles. The van der Waals surface area contributed by atoms with Gasteiger partial charge in [-0.1, -0.05) is 91.5 Å². The van der Waals surface area contributed by atoms with E-state index in [2.05, 4.69) is 108 Å². The maximum Gasteiger partial charge on any atom is 0.162 e. The molecule has 2 aromatic carbocycles. The number of pyridine rings is 2. The molecule has 0 aliphatic carbocycles. The van der Waals surface area contributed by atoms with Crippen LogP contribution in [0.25, 0.3) is 43.4 Å². The van der Waals surface area contributed by atoms with Crippen LogP contribution in [0.4, 0.5) is 0 Å². The van der Waals surface area contributed by atoms with Crippen LogP contribution in [-0.4, -0.2) is 15.9 Å². The second kappa shape index (κ2) is 18.3. The van der Waals surface area contributed by atoms with Gasteiger partial charge in [0.2, 0.25) is 0 Å². The normalized spacial score (nSPS) is 12.0. The third-order valence-electron chi connectivity index (χ3n) is 9.44. The number of nitrogens with zero attached hydrogens (tertiary/aromatic N) is 2. The predicted molar refractivity (Wildman–Crippen MR) is 209 cm³/mol. The summed E-state index contributed by atoms with van der Waals surface area (Å²) in [4.78, 5) is 16.7. The molecule has 5 aromatic rings. The van der Waals surface area contributed by atoms with Gasteiger partial charge in [-0.2, -0.15) is 0 Å². The van der Waals surface area contributed by atoms with Gasteiger partial charge in [0.15, 0.2) is 5.78 Å². The van der Waals surface area contributed by atoms with Crippen molar-refractivity contribution in [1.29, 1.82) is 0 Å². The van der Waals surface area contributed by atoms with Gasteiger partial charge in [0, 0.05) is 61.3 Å². The van der Waals surface area contributed by atoms with E-state index in [9.17, 15) is 9.90 Å². The van der Waals surface area contributed by atoms with Gasteiger partial charge in [-0.25, -0.2) is 0 Å². The summed E-state index contributed by atoms with van der Waals surface area (Å²) < 4.78 is 3.29. The Morgan fingerprint density at radius 1 is 0.980 bits per heavy atom. The number of benzene rings is 2. The van der Waals surface area contributed by atoms with Crippen molar-refractivity contribution in [3.05, 3.63) is 102 Å². The predicted octanol–water partition coefficient (Wildman–Crippen LogP) is 11.9. The molecule has 0 saturated heterocycles. The fourth-order valence-electron chi connectivity index (χ4n) is 6.51. The van der Waals surface area contributed by atoms with Crippen LogP contribution in [0.2, 0.25) is 0 Å². The third kappa shape index (κ3) is 9.72. The minimum absolute atomic E-state index is 0. The van der Waals surface area contributed by atoms with Crippen molar-refractivity contribution in [2.45, 2.75) is 99.8 Å². The van der Waals surface area contributed by atoms with Crippen molar-refractivity contribution in [2.24, 2.45) is 17.8 Å². The molecule has 0 saturated carbocycles. The van der Waals surface area contributed by atoms with E-state index in [1.165, 1.54) is 32.7 Å². The molecule has 0 spiro atoms. The molecule has 0 unspecified atom stereocenters. The number of aliphatic hydroxyl groups is 1. The number of ketones is 1. The summed E-state index contributed by atoms with van der Waals surface area (Å²) in [5, 5.41) is 15.6. The zero-order valence-electron chi connectivity index (χ0n) is 31.4. The van der Waals surface area contributed by atoms with E-state index >= 15 is 0 Å². The third-order valence-corrected chi connectivity index (χ3v) is 10.4. The number of thiophene rings is 1. The number of carbonyl (C=O) groups is 1. The van der Waals surface area contributed by atoms with Gasteiger partial charge in [-0.3, -0.25) is 9.78 Å². The maximum atomic E-state index is 11.7. The first kappa shape index (κ1) is 41.1. The Labute approximate surface area is 318 Å². The van der Waals surface area contributed by atoms with Gasteiger partial charge in [-0.05, 0) is 78.1 Å². The molecule has 0 atom stereocenters. The quantitative estimate of drug-likeness (QED) is 0.0623. The Kier molecular flexibility index (Phi) is 15.0. The first-order chi connectivity index (χ1) is 23.3. The topological polar surface area (TPSA) is 54.1 Å². The largest absolute Gasteiger partial charge is 0.512 e. The first-order valence-corrected chi connectivity index (χ1v) is 18.8. The second-order valence-electron chi connectivity index (χ2n) is 14.6. The molecular formula is C44H55IrN2O2S-. The van der Waals surface area contributed by atoms with Crippen molar-refractivity contribution in [3.8, 4) is 22.5 Å². The van der Waals surface area contributed by atoms with Crippen molar-refractivity contribution >= 4 is 38.0 Å². The van der Waals surface area contributed by atoms with Crippen LogP contribution in [0.3, 0.4) is 0 Å². The molecule has 3 heterocycles. The van der Waals surface area contributed by atoms with Crippen molar-refractivity contribution in [1.82, 2.24) is 4.98 Å². The molecule has 50 heavy (non-hydrogen) atoms. The Morgan fingerprint density at radius 2 is 1.64 bits per heavy atom. The Bertz CT molecular complexity index is 1910. The van der Waals surface area contributed by atoms with Gasteiger partial charge >= 0.3 is 0 Å². The Balaban J connectivity index is 0.000000361. The molecule has 1 radical (unpaired) electrons. The van der Waals surface area contributed by atoms with Crippen LogP contribution in [0.5, 0.6) is 0 Å². The van der Waals surface area contributed by atoms with Gasteiger partial charge < -0.3 is 9.67 Å². The average molecular weight is 868 g/mol. The minimum atomic E-state index is 0. The number of rotatable bonds is 11. The molecule has 269 valence electrons. The van der Waals surface area contributed by atoms with Crippen molar-refractivity contribution in [3.63, 3.8) is 0 Å². The number of fused-ring (bicyclic) bond motifs is 2. The number of allylic oxidation sites excluding steroid dienone is 2. The molecule has 5 rings (SSSR count). The fraction of sp³-hybridized carbons (Fsp3) is 0.409. The van der Waals surface area contributed by atoms with Crippen LogP contribution in [0, 0.1) is 30.9 Å². The van der Waals surface area contributed by atoms with E-state index in [1.807, 2.05) is 49.8 Å². The van der Waals surface area contributed by atoms with E-state index in [4.69, 9.17) is 4.98 Å². The number of hydrogen-bond acceptors (Lipinski definition) is 4. The second-order valence-corrected chi connectivity index (χ2v) is 15.5. The monoisotopic (exact) mass is 868 g/mol. The zero-order valence-corrected chi connectivity index (χ0v) is 34.6. The smallest absolute Gasteiger partial charge is 0.162 e. The van der Waals surface area contributed by atoms with Crippen LogP contribution in [0.1, 0.15) is 99.1 Å². The van der Waals surface area contributed by atoms with Crippen LogP contribution >= 0.6 is 11.3 Å². The van der Waals surface area contributed by atoms with Gasteiger partial charge in [-0.15, -0.1) is 40.5 Å². The van der Waals surface area contributed by atoms with E-state index < -0.39 is 0 Å². The van der Waals surface area contributed by atoms with Crippen LogP contribution in [0.15, 0.2) is 78.1 Å². The van der Waals surface area contributed by atoms with Gasteiger partial charge in [0.05, 0.1) is 17.6 Å². The summed E-state index contributed by atoms with van der Waals surface area (Å²) in [7, 11) is 4.28. The summed E-state index contributed by atoms with van der Waals surface area (Å²) in [6.45, 7) is 19.4. The SMILES string of the molecule is CCC(CC)C(=O)/C=C(\O)C(CC)CC.[CH2-][n+]1ccc(-c2ncc(CC(C)C)c3sccc23)cc1-c1[c-]c2ccccc2c(C(C)(C)C)c1.[Ir]. The zero-order chi connectivity index (χ0) is 35.9. The van der Waals surface area contributed by atoms with Crippen LogP contribution in [-0.2, 0) is 36.7 Å². The molecular weight excluding hydrogens is 813 g/mol. The van der Waals surface area contributed by atoms with E-state index in [0.717, 1.165) is 60.0 Å². The molecule has 4 nitrogen and oxygen atoms in total.